The van der Waals surface area contributed by atoms with Crippen LogP contribution in [0.15, 0.2) is 24.5 Å². The van der Waals surface area contributed by atoms with Crippen LogP contribution in [0, 0.1) is 0 Å². The first-order chi connectivity index (χ1) is 8.00. The summed E-state index contributed by atoms with van der Waals surface area (Å²) in [5.74, 6) is -0.187. The van der Waals surface area contributed by atoms with Crippen molar-refractivity contribution in [3.8, 4) is 0 Å². The van der Waals surface area contributed by atoms with Crippen molar-refractivity contribution >= 4 is 5.97 Å². The first-order valence-corrected chi connectivity index (χ1v) is 5.74. The summed E-state index contributed by atoms with van der Waals surface area (Å²) in [7, 11) is 3.90. The molecule has 1 atom stereocenters. The van der Waals surface area contributed by atoms with E-state index < -0.39 is 0 Å². The van der Waals surface area contributed by atoms with Crippen molar-refractivity contribution in [2.75, 3.05) is 20.7 Å². The van der Waals surface area contributed by atoms with Gasteiger partial charge in [0, 0.05) is 12.4 Å². The highest BCUT2D eigenvalue weighted by atomic mass is 16.5. The van der Waals surface area contributed by atoms with Crippen molar-refractivity contribution in [1.82, 2.24) is 9.88 Å². The van der Waals surface area contributed by atoms with Crippen molar-refractivity contribution < 1.29 is 9.53 Å². The van der Waals surface area contributed by atoms with E-state index in [1.165, 1.54) is 0 Å². The van der Waals surface area contributed by atoms with Gasteiger partial charge in [-0.15, -0.1) is 0 Å². The summed E-state index contributed by atoms with van der Waals surface area (Å²) < 4.78 is 5.02. The molecule has 0 spiro atoms. The number of carbonyl (C=O) groups excluding carboxylic acids is 1. The standard InChI is InChI=1S/C13H20N2O2/c1-5-17-12(16)9-13(2,15(3)4)11-7-6-8-14-10-11/h6-8,10H,5,9H2,1-4H3. The van der Waals surface area contributed by atoms with Crippen LogP contribution in [0.5, 0.6) is 0 Å². The van der Waals surface area contributed by atoms with E-state index in [2.05, 4.69) is 4.98 Å². The van der Waals surface area contributed by atoms with Crippen LogP contribution in [0.1, 0.15) is 25.8 Å². The van der Waals surface area contributed by atoms with Crippen LogP contribution in [0.4, 0.5) is 0 Å². The zero-order chi connectivity index (χ0) is 12.9. The van der Waals surface area contributed by atoms with Crippen LogP contribution >= 0.6 is 0 Å². The summed E-state index contributed by atoms with van der Waals surface area (Å²) in [5, 5.41) is 0. The molecule has 4 nitrogen and oxygen atoms in total. The Morgan fingerprint density at radius 1 is 1.53 bits per heavy atom. The van der Waals surface area contributed by atoms with Crippen molar-refractivity contribution in [1.29, 1.82) is 0 Å². The molecule has 0 aliphatic heterocycles. The molecule has 94 valence electrons. The molecular weight excluding hydrogens is 216 g/mol. The van der Waals surface area contributed by atoms with E-state index in [1.54, 1.807) is 12.4 Å². The number of ether oxygens (including phenoxy) is 1. The predicted octanol–water partition coefficient (Wildman–Crippen LogP) is 1.81. The zero-order valence-electron chi connectivity index (χ0n) is 10.9. The molecule has 0 saturated heterocycles. The van der Waals surface area contributed by atoms with Gasteiger partial charge in [0.15, 0.2) is 0 Å². The van der Waals surface area contributed by atoms with Gasteiger partial charge in [0.25, 0.3) is 0 Å². The lowest BCUT2D eigenvalue weighted by Gasteiger charge is -2.35. The third kappa shape index (κ3) is 3.27. The van der Waals surface area contributed by atoms with E-state index >= 15 is 0 Å². The Hall–Kier alpha value is -1.42. The van der Waals surface area contributed by atoms with Crippen LogP contribution < -0.4 is 0 Å². The number of pyridine rings is 1. The monoisotopic (exact) mass is 236 g/mol. The topological polar surface area (TPSA) is 42.4 Å². The molecule has 0 fully saturated rings. The third-order valence-electron chi connectivity index (χ3n) is 3.06. The average molecular weight is 236 g/mol. The molecular formula is C13H20N2O2. The second kappa shape index (κ2) is 5.77. The minimum Gasteiger partial charge on any atom is -0.466 e. The van der Waals surface area contributed by atoms with Crippen molar-refractivity contribution in [2.24, 2.45) is 0 Å². The Labute approximate surface area is 103 Å². The highest BCUT2D eigenvalue weighted by Crippen LogP contribution is 2.29. The number of aromatic nitrogens is 1. The van der Waals surface area contributed by atoms with Crippen LogP contribution in [0.3, 0.4) is 0 Å². The normalized spacial score (nSPS) is 14.4. The second-order valence-corrected chi connectivity index (χ2v) is 4.39. The van der Waals surface area contributed by atoms with Gasteiger partial charge in [0.05, 0.1) is 18.6 Å². The molecule has 17 heavy (non-hydrogen) atoms. The summed E-state index contributed by atoms with van der Waals surface area (Å²) in [6, 6.07) is 3.86. The summed E-state index contributed by atoms with van der Waals surface area (Å²) in [6.07, 6.45) is 3.84. The lowest BCUT2D eigenvalue weighted by atomic mass is 9.88. The largest absolute Gasteiger partial charge is 0.466 e. The maximum Gasteiger partial charge on any atom is 0.308 e. The fourth-order valence-corrected chi connectivity index (χ4v) is 1.69. The first-order valence-electron chi connectivity index (χ1n) is 5.74. The van der Waals surface area contributed by atoms with Gasteiger partial charge in [-0.3, -0.25) is 14.7 Å². The van der Waals surface area contributed by atoms with Gasteiger partial charge in [-0.25, -0.2) is 0 Å². The van der Waals surface area contributed by atoms with E-state index in [-0.39, 0.29) is 11.5 Å². The summed E-state index contributed by atoms with van der Waals surface area (Å²) in [4.78, 5) is 17.8. The molecule has 4 heteroatoms. The molecule has 0 saturated carbocycles. The molecule has 1 rings (SSSR count). The van der Waals surface area contributed by atoms with Crippen molar-refractivity contribution in [2.45, 2.75) is 25.8 Å². The number of rotatable bonds is 5. The molecule has 0 bridgehead atoms. The predicted molar refractivity (Wildman–Crippen MR) is 66.5 cm³/mol. The van der Waals surface area contributed by atoms with Crippen LogP contribution in [0.25, 0.3) is 0 Å². The SMILES string of the molecule is CCOC(=O)CC(C)(c1cccnc1)N(C)C. The van der Waals surface area contributed by atoms with E-state index in [9.17, 15) is 4.79 Å². The molecule has 1 unspecified atom stereocenters. The highest BCUT2D eigenvalue weighted by Gasteiger charge is 2.32. The fourth-order valence-electron chi connectivity index (χ4n) is 1.69. The maximum atomic E-state index is 11.7. The molecule has 0 radical (unpaired) electrons. The molecule has 0 aromatic carbocycles. The number of esters is 1. The van der Waals surface area contributed by atoms with Gasteiger partial charge in [0.2, 0.25) is 0 Å². The lowest BCUT2D eigenvalue weighted by Crippen LogP contribution is -2.41. The van der Waals surface area contributed by atoms with Crippen molar-refractivity contribution in [3.63, 3.8) is 0 Å². The Bertz CT molecular complexity index is 365. The zero-order valence-corrected chi connectivity index (χ0v) is 10.9. The first kappa shape index (κ1) is 13.6. The van der Waals surface area contributed by atoms with E-state index in [0.29, 0.717) is 13.0 Å². The summed E-state index contributed by atoms with van der Waals surface area (Å²) in [6.45, 7) is 4.24. The smallest absolute Gasteiger partial charge is 0.308 e. The van der Waals surface area contributed by atoms with Gasteiger partial charge >= 0.3 is 5.97 Å². The number of nitrogens with zero attached hydrogens (tertiary/aromatic N) is 2. The minimum atomic E-state index is -0.388. The molecule has 0 amide bonds. The number of hydrogen-bond acceptors (Lipinski definition) is 4. The van der Waals surface area contributed by atoms with Crippen LogP contribution in [-0.4, -0.2) is 36.6 Å². The minimum absolute atomic E-state index is 0.187. The molecule has 1 aromatic heterocycles. The Morgan fingerprint density at radius 3 is 2.71 bits per heavy atom. The summed E-state index contributed by atoms with van der Waals surface area (Å²) in [5.41, 5.74) is 0.624. The van der Waals surface area contributed by atoms with Gasteiger partial charge in [-0.05, 0) is 39.6 Å². The second-order valence-electron chi connectivity index (χ2n) is 4.39. The Morgan fingerprint density at radius 2 is 2.24 bits per heavy atom. The highest BCUT2D eigenvalue weighted by molar-refractivity contribution is 5.71. The number of hydrogen-bond donors (Lipinski definition) is 0. The van der Waals surface area contributed by atoms with Crippen LogP contribution in [-0.2, 0) is 15.1 Å². The molecule has 0 aliphatic rings. The molecule has 1 heterocycles. The van der Waals surface area contributed by atoms with E-state index in [0.717, 1.165) is 5.56 Å². The van der Waals surface area contributed by atoms with Crippen LogP contribution in [0.2, 0.25) is 0 Å². The Balaban J connectivity index is 2.94. The Kier molecular flexibility index (Phi) is 4.63. The quantitative estimate of drug-likeness (QED) is 0.731. The number of carbonyl (C=O) groups is 1. The fraction of sp³-hybridized carbons (Fsp3) is 0.538. The third-order valence-corrected chi connectivity index (χ3v) is 3.06. The lowest BCUT2D eigenvalue weighted by molar-refractivity contribution is -0.146. The van der Waals surface area contributed by atoms with Gasteiger partial charge in [0.1, 0.15) is 0 Å². The van der Waals surface area contributed by atoms with E-state index in [4.69, 9.17) is 4.74 Å². The maximum absolute atomic E-state index is 11.7. The average Bonchev–Trinajstić information content (AvgIpc) is 2.30. The summed E-state index contributed by atoms with van der Waals surface area (Å²) >= 11 is 0. The van der Waals surface area contributed by atoms with E-state index in [1.807, 2.05) is 45.0 Å². The van der Waals surface area contributed by atoms with Crippen molar-refractivity contribution in [3.05, 3.63) is 30.1 Å². The van der Waals surface area contributed by atoms with Gasteiger partial charge in [-0.1, -0.05) is 6.07 Å². The molecule has 1 aromatic rings. The molecule has 0 aliphatic carbocycles. The molecule has 0 N–H and O–H groups in total. The van der Waals surface area contributed by atoms with Gasteiger partial charge < -0.3 is 4.74 Å². The van der Waals surface area contributed by atoms with Gasteiger partial charge in [-0.2, -0.15) is 0 Å².